The zero-order valence-corrected chi connectivity index (χ0v) is 10.3. The summed E-state index contributed by atoms with van der Waals surface area (Å²) in [5.41, 5.74) is 1.43. The Labute approximate surface area is 98.5 Å². The number of hydrogen-bond acceptors (Lipinski definition) is 2. The summed E-state index contributed by atoms with van der Waals surface area (Å²) in [6.07, 6.45) is 7.77. The second-order valence-electron chi connectivity index (χ2n) is 4.96. The molecule has 0 bridgehead atoms. The Kier molecular flexibility index (Phi) is 3.94. The van der Waals surface area contributed by atoms with Crippen LogP contribution in [0.4, 0.5) is 0 Å². The molecule has 0 aromatic carbocycles. The van der Waals surface area contributed by atoms with Crippen LogP contribution in [0, 0.1) is 5.92 Å². The van der Waals surface area contributed by atoms with Gasteiger partial charge < -0.3 is 5.32 Å². The summed E-state index contributed by atoms with van der Waals surface area (Å²) < 4.78 is 0. The molecule has 1 fully saturated rings. The van der Waals surface area contributed by atoms with Crippen LogP contribution in [0.2, 0.25) is 0 Å². The molecule has 1 heterocycles. The maximum atomic E-state index is 4.10. The van der Waals surface area contributed by atoms with Crippen molar-refractivity contribution in [2.45, 2.75) is 45.1 Å². The van der Waals surface area contributed by atoms with Crippen molar-refractivity contribution in [3.8, 4) is 0 Å². The maximum absolute atomic E-state index is 4.10. The molecule has 0 radical (unpaired) electrons. The molecular formula is C14H22N2. The Bertz CT molecular complexity index is 306. The molecule has 2 nitrogen and oxygen atoms in total. The number of pyridine rings is 1. The van der Waals surface area contributed by atoms with Gasteiger partial charge in [0.15, 0.2) is 0 Å². The van der Waals surface area contributed by atoms with E-state index in [0.717, 1.165) is 18.5 Å². The fourth-order valence-corrected chi connectivity index (χ4v) is 2.12. The summed E-state index contributed by atoms with van der Waals surface area (Å²) >= 11 is 0. The molecule has 2 atom stereocenters. The zero-order chi connectivity index (χ0) is 11.4. The lowest BCUT2D eigenvalue weighted by atomic mass is 9.86. The average Bonchev–Trinajstić information content (AvgIpc) is 3.14. The van der Waals surface area contributed by atoms with Crippen molar-refractivity contribution in [2.24, 2.45) is 5.92 Å². The smallest absolute Gasteiger partial charge is 0.0270 e. The molecule has 1 aliphatic rings. The van der Waals surface area contributed by atoms with Crippen molar-refractivity contribution in [3.63, 3.8) is 0 Å². The summed E-state index contributed by atoms with van der Waals surface area (Å²) in [4.78, 5) is 4.10. The molecule has 0 saturated heterocycles. The van der Waals surface area contributed by atoms with Crippen LogP contribution in [-0.2, 0) is 0 Å². The summed E-state index contributed by atoms with van der Waals surface area (Å²) in [6.45, 7) is 5.74. The van der Waals surface area contributed by atoms with E-state index < -0.39 is 0 Å². The van der Waals surface area contributed by atoms with Gasteiger partial charge in [-0.15, -0.1) is 0 Å². The predicted octanol–water partition coefficient (Wildman–Crippen LogP) is 2.96. The van der Waals surface area contributed by atoms with Crippen LogP contribution >= 0.6 is 0 Å². The lowest BCUT2D eigenvalue weighted by molar-refractivity contribution is 0.419. The van der Waals surface area contributed by atoms with Gasteiger partial charge in [-0.25, -0.2) is 0 Å². The van der Waals surface area contributed by atoms with E-state index in [-0.39, 0.29) is 0 Å². The molecule has 2 rings (SSSR count). The summed E-state index contributed by atoms with van der Waals surface area (Å²) in [5, 5.41) is 3.65. The molecule has 1 aliphatic carbocycles. The topological polar surface area (TPSA) is 24.9 Å². The lowest BCUT2D eigenvalue weighted by Gasteiger charge is -2.23. The normalized spacial score (nSPS) is 19.4. The van der Waals surface area contributed by atoms with E-state index in [0.29, 0.717) is 5.92 Å². The number of rotatable bonds is 6. The van der Waals surface area contributed by atoms with Crippen molar-refractivity contribution < 1.29 is 0 Å². The third-order valence-electron chi connectivity index (χ3n) is 3.67. The maximum Gasteiger partial charge on any atom is 0.0270 e. The quantitative estimate of drug-likeness (QED) is 0.794. The van der Waals surface area contributed by atoms with Crippen molar-refractivity contribution in [3.05, 3.63) is 30.1 Å². The van der Waals surface area contributed by atoms with Crippen LogP contribution in [0.3, 0.4) is 0 Å². The van der Waals surface area contributed by atoms with Gasteiger partial charge in [0.1, 0.15) is 0 Å². The van der Waals surface area contributed by atoms with E-state index in [9.17, 15) is 0 Å². The van der Waals surface area contributed by atoms with E-state index in [1.54, 1.807) is 0 Å². The SMILES string of the molecule is CCC(C)C(CNC1CC1)c1ccncc1. The fraction of sp³-hybridized carbons (Fsp3) is 0.643. The first kappa shape index (κ1) is 11.6. The van der Waals surface area contributed by atoms with Crippen molar-refractivity contribution >= 4 is 0 Å². The second-order valence-corrected chi connectivity index (χ2v) is 4.96. The number of aromatic nitrogens is 1. The lowest BCUT2D eigenvalue weighted by Crippen LogP contribution is -2.27. The van der Waals surface area contributed by atoms with Crippen LogP contribution in [-0.4, -0.2) is 17.6 Å². The minimum absolute atomic E-state index is 0.633. The third-order valence-corrected chi connectivity index (χ3v) is 3.67. The van der Waals surface area contributed by atoms with Crippen LogP contribution in [0.1, 0.15) is 44.6 Å². The van der Waals surface area contributed by atoms with Gasteiger partial charge in [0.05, 0.1) is 0 Å². The van der Waals surface area contributed by atoms with Gasteiger partial charge in [0.2, 0.25) is 0 Å². The molecule has 1 aromatic rings. The Morgan fingerprint density at radius 3 is 2.62 bits per heavy atom. The Hall–Kier alpha value is -0.890. The van der Waals surface area contributed by atoms with Gasteiger partial charge in [-0.3, -0.25) is 4.98 Å². The van der Waals surface area contributed by atoms with Crippen LogP contribution in [0.5, 0.6) is 0 Å². The average molecular weight is 218 g/mol. The molecule has 16 heavy (non-hydrogen) atoms. The highest BCUT2D eigenvalue weighted by molar-refractivity contribution is 5.17. The van der Waals surface area contributed by atoms with E-state index in [1.165, 1.54) is 24.8 Å². The highest BCUT2D eigenvalue weighted by Gasteiger charge is 2.24. The molecule has 0 spiro atoms. The van der Waals surface area contributed by atoms with Gasteiger partial charge >= 0.3 is 0 Å². The third kappa shape index (κ3) is 3.05. The second kappa shape index (κ2) is 5.44. The summed E-state index contributed by atoms with van der Waals surface area (Å²) in [5.74, 6) is 1.36. The first-order valence-electron chi connectivity index (χ1n) is 6.44. The van der Waals surface area contributed by atoms with Gasteiger partial charge in [-0.05, 0) is 42.4 Å². The molecule has 0 amide bonds. The van der Waals surface area contributed by atoms with Crippen LogP contribution < -0.4 is 5.32 Å². The van der Waals surface area contributed by atoms with Gasteiger partial charge in [-0.2, -0.15) is 0 Å². The number of nitrogens with zero attached hydrogens (tertiary/aromatic N) is 1. The highest BCUT2D eigenvalue weighted by Crippen LogP contribution is 2.27. The molecule has 2 heteroatoms. The Morgan fingerprint density at radius 2 is 2.06 bits per heavy atom. The molecule has 2 unspecified atom stereocenters. The molecule has 1 aromatic heterocycles. The minimum Gasteiger partial charge on any atom is -0.313 e. The van der Waals surface area contributed by atoms with Crippen LogP contribution in [0.25, 0.3) is 0 Å². The monoisotopic (exact) mass is 218 g/mol. The van der Waals surface area contributed by atoms with Crippen molar-refractivity contribution in [1.29, 1.82) is 0 Å². The first-order valence-corrected chi connectivity index (χ1v) is 6.44. The van der Waals surface area contributed by atoms with Gasteiger partial charge in [-0.1, -0.05) is 20.3 Å². The molecule has 1 N–H and O–H groups in total. The van der Waals surface area contributed by atoms with Crippen molar-refractivity contribution in [1.82, 2.24) is 10.3 Å². The highest BCUT2D eigenvalue weighted by atomic mass is 14.9. The largest absolute Gasteiger partial charge is 0.313 e. The van der Waals surface area contributed by atoms with E-state index in [1.807, 2.05) is 12.4 Å². The minimum atomic E-state index is 0.633. The van der Waals surface area contributed by atoms with E-state index in [4.69, 9.17) is 0 Å². The van der Waals surface area contributed by atoms with E-state index >= 15 is 0 Å². The number of nitrogens with one attached hydrogen (secondary N) is 1. The van der Waals surface area contributed by atoms with E-state index in [2.05, 4.69) is 36.3 Å². The van der Waals surface area contributed by atoms with Crippen LogP contribution in [0.15, 0.2) is 24.5 Å². The first-order chi connectivity index (χ1) is 7.81. The molecule has 1 saturated carbocycles. The predicted molar refractivity (Wildman–Crippen MR) is 67.5 cm³/mol. The number of hydrogen-bond donors (Lipinski definition) is 1. The van der Waals surface area contributed by atoms with Gasteiger partial charge in [0.25, 0.3) is 0 Å². The van der Waals surface area contributed by atoms with Crippen molar-refractivity contribution in [2.75, 3.05) is 6.54 Å². The zero-order valence-electron chi connectivity index (χ0n) is 10.3. The summed E-state index contributed by atoms with van der Waals surface area (Å²) in [6, 6.07) is 5.12. The molecular weight excluding hydrogens is 196 g/mol. The standard InChI is InChI=1S/C14H22N2/c1-3-11(2)14(10-16-13-4-5-13)12-6-8-15-9-7-12/h6-9,11,13-14,16H,3-5,10H2,1-2H3. The Morgan fingerprint density at radius 1 is 1.38 bits per heavy atom. The fourth-order valence-electron chi connectivity index (χ4n) is 2.12. The Balaban J connectivity index is 2.00. The molecule has 88 valence electrons. The van der Waals surface area contributed by atoms with Gasteiger partial charge in [0, 0.05) is 25.0 Å². The molecule has 0 aliphatic heterocycles. The summed E-state index contributed by atoms with van der Waals surface area (Å²) in [7, 11) is 0.